The van der Waals surface area contributed by atoms with Gasteiger partial charge in [0.1, 0.15) is 5.75 Å². The maximum Gasteiger partial charge on any atom is 0.260 e. The first-order valence-corrected chi connectivity index (χ1v) is 8.90. The van der Waals surface area contributed by atoms with Gasteiger partial charge >= 0.3 is 0 Å². The first-order valence-electron chi connectivity index (χ1n) is 8.90. The molecule has 5 nitrogen and oxygen atoms in total. The number of rotatable bonds is 8. The molecule has 0 saturated heterocycles. The Bertz CT molecular complexity index is 707. The number of hydrogen-bond acceptors (Lipinski definition) is 3. The summed E-state index contributed by atoms with van der Waals surface area (Å²) in [6, 6.07) is 6.18. The Morgan fingerprint density at radius 2 is 2.04 bits per heavy atom. The lowest BCUT2D eigenvalue weighted by molar-refractivity contribution is -0.127. The molecule has 1 aromatic carbocycles. The largest absolute Gasteiger partial charge is 0.481 e. The molecule has 5 heteroatoms. The molecule has 1 atom stereocenters. The second-order valence-corrected chi connectivity index (χ2v) is 6.87. The molecule has 0 aliphatic carbocycles. The van der Waals surface area contributed by atoms with Crippen molar-refractivity contribution in [3.8, 4) is 5.75 Å². The first-order chi connectivity index (χ1) is 11.9. The minimum atomic E-state index is -0.520. The Balaban J connectivity index is 1.80. The molecule has 1 N–H and O–H groups in total. The third kappa shape index (κ3) is 5.62. The van der Waals surface area contributed by atoms with E-state index < -0.39 is 6.10 Å². The summed E-state index contributed by atoms with van der Waals surface area (Å²) in [5.41, 5.74) is 3.39. The van der Waals surface area contributed by atoms with Crippen molar-refractivity contribution < 1.29 is 9.53 Å². The van der Waals surface area contributed by atoms with Gasteiger partial charge in [-0.15, -0.1) is 0 Å². The van der Waals surface area contributed by atoms with Gasteiger partial charge in [-0.1, -0.05) is 26.0 Å². The zero-order valence-corrected chi connectivity index (χ0v) is 15.9. The third-order valence-corrected chi connectivity index (χ3v) is 4.18. The van der Waals surface area contributed by atoms with Gasteiger partial charge in [0.05, 0.1) is 6.20 Å². The molecule has 2 rings (SSSR count). The van der Waals surface area contributed by atoms with Gasteiger partial charge in [0.15, 0.2) is 6.10 Å². The van der Waals surface area contributed by atoms with E-state index >= 15 is 0 Å². The Morgan fingerprint density at radius 1 is 1.28 bits per heavy atom. The molecule has 1 amide bonds. The number of amides is 1. The normalized spacial score (nSPS) is 12.2. The van der Waals surface area contributed by atoms with Gasteiger partial charge in [0.2, 0.25) is 0 Å². The number of carbonyl (C=O) groups is 1. The Labute approximate surface area is 150 Å². The summed E-state index contributed by atoms with van der Waals surface area (Å²) in [6.07, 6.45) is 4.15. The molecule has 1 aromatic heterocycles. The quantitative estimate of drug-likeness (QED) is 0.745. The zero-order chi connectivity index (χ0) is 18.4. The highest BCUT2D eigenvalue weighted by Gasteiger charge is 2.15. The number of aromatic nitrogens is 2. The zero-order valence-electron chi connectivity index (χ0n) is 15.9. The van der Waals surface area contributed by atoms with Crippen LogP contribution in [0.15, 0.2) is 30.6 Å². The van der Waals surface area contributed by atoms with Crippen molar-refractivity contribution in [3.63, 3.8) is 0 Å². The van der Waals surface area contributed by atoms with Crippen LogP contribution in [0.2, 0.25) is 0 Å². The van der Waals surface area contributed by atoms with Crippen LogP contribution in [0, 0.1) is 13.8 Å². The molecule has 0 spiro atoms. The summed E-state index contributed by atoms with van der Waals surface area (Å²) in [4.78, 5) is 12.2. The second kappa shape index (κ2) is 8.70. The van der Waals surface area contributed by atoms with E-state index in [1.807, 2.05) is 43.1 Å². The Hall–Kier alpha value is -2.30. The molecule has 0 saturated carbocycles. The van der Waals surface area contributed by atoms with E-state index in [4.69, 9.17) is 4.74 Å². The van der Waals surface area contributed by atoms with Crippen molar-refractivity contribution in [2.45, 2.75) is 59.6 Å². The molecule has 1 unspecified atom stereocenters. The molecular weight excluding hydrogens is 314 g/mol. The Kier molecular flexibility index (Phi) is 6.62. The minimum Gasteiger partial charge on any atom is -0.481 e. The number of ether oxygens (including phenoxy) is 1. The number of carbonyl (C=O) groups excluding carboxylic acids is 1. The fourth-order valence-electron chi connectivity index (χ4n) is 2.53. The second-order valence-electron chi connectivity index (χ2n) is 6.87. The van der Waals surface area contributed by atoms with Crippen LogP contribution in [-0.2, 0) is 11.3 Å². The standard InChI is InChI=1S/C20H29N3O2/c1-14(2)18-8-7-16(4)19(11-18)25-17(5)20(24)21-9-6-10-23-13-15(3)12-22-23/h7-8,11-14,17H,6,9-10H2,1-5H3,(H,21,24). The number of aryl methyl sites for hydroxylation is 3. The molecular formula is C20H29N3O2. The van der Waals surface area contributed by atoms with E-state index in [9.17, 15) is 4.79 Å². The van der Waals surface area contributed by atoms with Gasteiger partial charge in [-0.2, -0.15) is 5.10 Å². The van der Waals surface area contributed by atoms with Crippen molar-refractivity contribution in [2.75, 3.05) is 6.54 Å². The van der Waals surface area contributed by atoms with Crippen molar-refractivity contribution in [2.24, 2.45) is 0 Å². The summed E-state index contributed by atoms with van der Waals surface area (Å²) >= 11 is 0. The summed E-state index contributed by atoms with van der Waals surface area (Å²) < 4.78 is 7.78. The van der Waals surface area contributed by atoms with Crippen LogP contribution in [0.1, 0.15) is 49.8 Å². The highest BCUT2D eigenvalue weighted by atomic mass is 16.5. The van der Waals surface area contributed by atoms with E-state index in [1.54, 1.807) is 6.92 Å². The first kappa shape index (κ1) is 19.0. The minimum absolute atomic E-state index is 0.0917. The molecule has 2 aromatic rings. The maximum absolute atomic E-state index is 12.2. The third-order valence-electron chi connectivity index (χ3n) is 4.18. The van der Waals surface area contributed by atoms with E-state index in [1.165, 1.54) is 5.56 Å². The van der Waals surface area contributed by atoms with Crippen LogP contribution < -0.4 is 10.1 Å². The lowest BCUT2D eigenvalue weighted by atomic mass is 10.0. The van der Waals surface area contributed by atoms with E-state index in [0.29, 0.717) is 12.5 Å². The topological polar surface area (TPSA) is 56.2 Å². The van der Waals surface area contributed by atoms with Gasteiger partial charge in [-0.3, -0.25) is 9.48 Å². The summed E-state index contributed by atoms with van der Waals surface area (Å²) in [7, 11) is 0. The fraction of sp³-hybridized carbons (Fsp3) is 0.500. The molecule has 0 aliphatic heterocycles. The highest BCUT2D eigenvalue weighted by molar-refractivity contribution is 5.80. The summed E-state index contributed by atoms with van der Waals surface area (Å²) in [6.45, 7) is 11.5. The van der Waals surface area contributed by atoms with E-state index in [-0.39, 0.29) is 5.91 Å². The van der Waals surface area contributed by atoms with Crippen LogP contribution >= 0.6 is 0 Å². The van der Waals surface area contributed by atoms with Crippen LogP contribution in [-0.4, -0.2) is 28.3 Å². The Morgan fingerprint density at radius 3 is 2.68 bits per heavy atom. The highest BCUT2D eigenvalue weighted by Crippen LogP contribution is 2.25. The molecule has 0 fully saturated rings. The van der Waals surface area contributed by atoms with Crippen LogP contribution in [0.5, 0.6) is 5.75 Å². The SMILES string of the molecule is Cc1cnn(CCCNC(=O)C(C)Oc2cc(C(C)C)ccc2C)c1. The fourth-order valence-corrected chi connectivity index (χ4v) is 2.53. The van der Waals surface area contributed by atoms with E-state index in [2.05, 4.69) is 30.3 Å². The van der Waals surface area contributed by atoms with Crippen LogP contribution in [0.4, 0.5) is 0 Å². The summed E-state index contributed by atoms with van der Waals surface area (Å²) in [5.74, 6) is 1.12. The predicted molar refractivity (Wildman–Crippen MR) is 99.9 cm³/mol. The maximum atomic E-state index is 12.2. The van der Waals surface area contributed by atoms with Crippen LogP contribution in [0.25, 0.3) is 0 Å². The van der Waals surface area contributed by atoms with E-state index in [0.717, 1.165) is 29.8 Å². The molecule has 25 heavy (non-hydrogen) atoms. The monoisotopic (exact) mass is 343 g/mol. The average Bonchev–Trinajstić information content (AvgIpc) is 2.98. The molecule has 0 radical (unpaired) electrons. The molecule has 1 heterocycles. The van der Waals surface area contributed by atoms with Gasteiger partial charge < -0.3 is 10.1 Å². The lowest BCUT2D eigenvalue weighted by Gasteiger charge is -2.18. The number of nitrogens with zero attached hydrogens (tertiary/aromatic N) is 2. The lowest BCUT2D eigenvalue weighted by Crippen LogP contribution is -2.37. The van der Waals surface area contributed by atoms with Crippen molar-refractivity contribution in [1.29, 1.82) is 0 Å². The van der Waals surface area contributed by atoms with Crippen LogP contribution in [0.3, 0.4) is 0 Å². The molecule has 0 bridgehead atoms. The average molecular weight is 343 g/mol. The summed E-state index contributed by atoms with van der Waals surface area (Å²) in [5, 5.41) is 7.17. The van der Waals surface area contributed by atoms with Gasteiger partial charge in [-0.25, -0.2) is 0 Å². The smallest absolute Gasteiger partial charge is 0.260 e. The van der Waals surface area contributed by atoms with Crippen molar-refractivity contribution in [1.82, 2.24) is 15.1 Å². The molecule has 0 aliphatic rings. The molecule has 136 valence electrons. The van der Waals surface area contributed by atoms with Crippen molar-refractivity contribution >= 4 is 5.91 Å². The number of benzene rings is 1. The van der Waals surface area contributed by atoms with Gasteiger partial charge in [0.25, 0.3) is 5.91 Å². The predicted octanol–water partition coefficient (Wildman–Crippen LogP) is 3.60. The van der Waals surface area contributed by atoms with Gasteiger partial charge in [-0.05, 0) is 55.9 Å². The number of hydrogen-bond donors (Lipinski definition) is 1. The number of nitrogens with one attached hydrogen (secondary N) is 1. The van der Waals surface area contributed by atoms with Gasteiger partial charge in [0, 0.05) is 19.3 Å². The van der Waals surface area contributed by atoms with Crippen molar-refractivity contribution in [3.05, 3.63) is 47.3 Å².